The summed E-state index contributed by atoms with van der Waals surface area (Å²) in [6.07, 6.45) is 3.44. The summed E-state index contributed by atoms with van der Waals surface area (Å²) in [7, 11) is 1.91. The lowest BCUT2D eigenvalue weighted by Crippen LogP contribution is -2.46. The molecule has 3 nitrogen and oxygen atoms in total. The summed E-state index contributed by atoms with van der Waals surface area (Å²) in [6.45, 7) is 4.16. The third-order valence-electron chi connectivity index (χ3n) is 5.14. The first-order chi connectivity index (χ1) is 9.52. The number of rotatable bonds is 3. The third kappa shape index (κ3) is 2.05. The quantitative estimate of drug-likeness (QED) is 0.846. The van der Waals surface area contributed by atoms with Crippen molar-refractivity contribution in [3.05, 3.63) is 35.9 Å². The highest BCUT2D eigenvalue weighted by molar-refractivity contribution is 5.83. The van der Waals surface area contributed by atoms with Crippen LogP contribution in [0, 0.1) is 5.41 Å². The lowest BCUT2D eigenvalue weighted by atomic mass is 9.74. The summed E-state index contributed by atoms with van der Waals surface area (Å²) in [5, 5.41) is 0. The fraction of sp³-hybridized carbons (Fsp3) is 0.588. The number of fused-ring (bicyclic) bond motifs is 2. The molecule has 3 heteroatoms. The molecule has 20 heavy (non-hydrogen) atoms. The Labute approximate surface area is 120 Å². The minimum Gasteiger partial charge on any atom is -0.374 e. The molecule has 0 spiro atoms. The van der Waals surface area contributed by atoms with Gasteiger partial charge in [0.05, 0.1) is 23.7 Å². The summed E-state index contributed by atoms with van der Waals surface area (Å²) in [6, 6.07) is 10.3. The molecule has 0 aliphatic carbocycles. The van der Waals surface area contributed by atoms with Crippen LogP contribution in [0.15, 0.2) is 30.3 Å². The molecule has 4 atom stereocenters. The Morgan fingerprint density at radius 1 is 1.35 bits per heavy atom. The minimum absolute atomic E-state index is 0.0969. The average molecular weight is 273 g/mol. The number of amides is 1. The van der Waals surface area contributed by atoms with Gasteiger partial charge >= 0.3 is 0 Å². The number of carbonyl (C=O) groups is 1. The average Bonchev–Trinajstić information content (AvgIpc) is 3.06. The second-order valence-electron chi connectivity index (χ2n) is 6.45. The van der Waals surface area contributed by atoms with Crippen molar-refractivity contribution >= 4 is 5.91 Å². The molecule has 2 aliphatic rings. The van der Waals surface area contributed by atoms with Gasteiger partial charge in [0.25, 0.3) is 0 Å². The van der Waals surface area contributed by atoms with E-state index < -0.39 is 0 Å². The molecule has 3 rings (SSSR count). The SMILES string of the molecule is C[C@@H](c1ccccc1)N(C)C(=O)[C@]1(C)C[C@H]2CC[C@H]1O2. The van der Waals surface area contributed by atoms with E-state index in [2.05, 4.69) is 26.0 Å². The van der Waals surface area contributed by atoms with Gasteiger partial charge in [-0.05, 0) is 38.7 Å². The first-order valence-electron chi connectivity index (χ1n) is 7.50. The van der Waals surface area contributed by atoms with E-state index in [1.165, 1.54) is 5.56 Å². The molecule has 1 aromatic carbocycles. The van der Waals surface area contributed by atoms with Crippen molar-refractivity contribution in [2.24, 2.45) is 5.41 Å². The topological polar surface area (TPSA) is 29.5 Å². The maximum absolute atomic E-state index is 12.9. The first kappa shape index (κ1) is 13.6. The van der Waals surface area contributed by atoms with Crippen molar-refractivity contribution in [1.29, 1.82) is 0 Å². The molecule has 108 valence electrons. The van der Waals surface area contributed by atoms with Crippen LogP contribution in [0.2, 0.25) is 0 Å². The van der Waals surface area contributed by atoms with E-state index in [0.29, 0.717) is 6.10 Å². The number of benzene rings is 1. The Kier molecular flexibility index (Phi) is 3.33. The fourth-order valence-corrected chi connectivity index (χ4v) is 3.69. The zero-order valence-corrected chi connectivity index (χ0v) is 12.5. The van der Waals surface area contributed by atoms with Crippen LogP contribution in [0.5, 0.6) is 0 Å². The van der Waals surface area contributed by atoms with Gasteiger partial charge in [0, 0.05) is 7.05 Å². The van der Waals surface area contributed by atoms with Gasteiger partial charge in [-0.25, -0.2) is 0 Å². The molecule has 0 radical (unpaired) electrons. The van der Waals surface area contributed by atoms with Gasteiger partial charge < -0.3 is 9.64 Å². The van der Waals surface area contributed by atoms with E-state index in [4.69, 9.17) is 4.74 Å². The van der Waals surface area contributed by atoms with Gasteiger partial charge in [0.15, 0.2) is 0 Å². The summed E-state index contributed by atoms with van der Waals surface area (Å²) in [4.78, 5) is 14.8. The molecule has 2 aliphatic heterocycles. The monoisotopic (exact) mass is 273 g/mol. The molecule has 0 aromatic heterocycles. The Morgan fingerprint density at radius 2 is 2.05 bits per heavy atom. The molecular formula is C17H23NO2. The first-order valence-corrected chi connectivity index (χ1v) is 7.50. The van der Waals surface area contributed by atoms with Crippen molar-refractivity contribution in [3.63, 3.8) is 0 Å². The van der Waals surface area contributed by atoms with Crippen molar-refractivity contribution in [1.82, 2.24) is 4.90 Å². The largest absolute Gasteiger partial charge is 0.374 e. The van der Waals surface area contributed by atoms with Gasteiger partial charge in [-0.15, -0.1) is 0 Å². The van der Waals surface area contributed by atoms with Crippen molar-refractivity contribution in [2.45, 2.75) is 51.4 Å². The summed E-state index contributed by atoms with van der Waals surface area (Å²) >= 11 is 0. The van der Waals surface area contributed by atoms with Crippen molar-refractivity contribution < 1.29 is 9.53 Å². The Bertz CT molecular complexity index is 501. The van der Waals surface area contributed by atoms with Crippen LogP contribution in [0.3, 0.4) is 0 Å². The van der Waals surface area contributed by atoms with E-state index in [-0.39, 0.29) is 23.5 Å². The normalized spacial score (nSPS) is 33.1. The van der Waals surface area contributed by atoms with Crippen LogP contribution in [0.1, 0.15) is 44.7 Å². The predicted octanol–water partition coefficient (Wildman–Crippen LogP) is 3.16. The summed E-state index contributed by atoms with van der Waals surface area (Å²) < 4.78 is 5.90. The zero-order valence-electron chi connectivity index (χ0n) is 12.5. The van der Waals surface area contributed by atoms with Crippen LogP contribution in [-0.2, 0) is 9.53 Å². The van der Waals surface area contributed by atoms with Crippen molar-refractivity contribution in [2.75, 3.05) is 7.05 Å². The minimum atomic E-state index is -0.333. The molecule has 1 aromatic rings. The lowest BCUT2D eigenvalue weighted by Gasteiger charge is -2.36. The van der Waals surface area contributed by atoms with E-state index in [0.717, 1.165) is 19.3 Å². The highest BCUT2D eigenvalue weighted by Crippen LogP contribution is 2.48. The number of carbonyl (C=O) groups excluding carboxylic acids is 1. The smallest absolute Gasteiger partial charge is 0.231 e. The van der Waals surface area contributed by atoms with Gasteiger partial charge in [0.1, 0.15) is 0 Å². The third-order valence-corrected chi connectivity index (χ3v) is 5.14. The van der Waals surface area contributed by atoms with Gasteiger partial charge in [0.2, 0.25) is 5.91 Å². The molecule has 1 amide bonds. The van der Waals surface area contributed by atoms with E-state index in [1.54, 1.807) is 0 Å². The number of nitrogens with zero attached hydrogens (tertiary/aromatic N) is 1. The maximum Gasteiger partial charge on any atom is 0.231 e. The maximum atomic E-state index is 12.9. The standard InChI is InChI=1S/C17H23NO2/c1-12(13-7-5-4-6-8-13)18(3)16(19)17(2)11-14-9-10-15(17)20-14/h4-8,12,14-15H,9-11H2,1-3H3/t12-,14+,15+,17+/m0/s1. The molecule has 2 saturated heterocycles. The second kappa shape index (κ2) is 4.88. The predicted molar refractivity (Wildman–Crippen MR) is 78.2 cm³/mol. The second-order valence-corrected chi connectivity index (χ2v) is 6.45. The fourth-order valence-electron chi connectivity index (χ4n) is 3.69. The summed E-state index contributed by atoms with van der Waals surface area (Å²) in [5.74, 6) is 0.223. The molecule has 0 unspecified atom stereocenters. The Morgan fingerprint density at radius 3 is 2.60 bits per heavy atom. The zero-order chi connectivity index (χ0) is 14.3. The molecule has 0 N–H and O–H groups in total. The van der Waals surface area contributed by atoms with Crippen LogP contribution in [0.4, 0.5) is 0 Å². The molecule has 2 heterocycles. The number of hydrogen-bond acceptors (Lipinski definition) is 2. The van der Waals surface area contributed by atoms with Crippen LogP contribution >= 0.6 is 0 Å². The summed E-state index contributed by atoms with van der Waals surface area (Å²) in [5.41, 5.74) is 0.844. The Hall–Kier alpha value is -1.35. The highest BCUT2D eigenvalue weighted by atomic mass is 16.5. The Balaban J connectivity index is 1.77. The van der Waals surface area contributed by atoms with Crippen molar-refractivity contribution in [3.8, 4) is 0 Å². The van der Waals surface area contributed by atoms with Crippen LogP contribution in [0.25, 0.3) is 0 Å². The molecular weight excluding hydrogens is 250 g/mol. The lowest BCUT2D eigenvalue weighted by molar-refractivity contribution is -0.144. The molecule has 2 bridgehead atoms. The van der Waals surface area contributed by atoms with Gasteiger partial charge in [-0.3, -0.25) is 4.79 Å². The highest BCUT2D eigenvalue weighted by Gasteiger charge is 2.54. The van der Waals surface area contributed by atoms with E-state index in [1.807, 2.05) is 30.1 Å². The van der Waals surface area contributed by atoms with Crippen LogP contribution in [-0.4, -0.2) is 30.1 Å². The van der Waals surface area contributed by atoms with E-state index >= 15 is 0 Å². The van der Waals surface area contributed by atoms with Gasteiger partial charge in [-0.1, -0.05) is 30.3 Å². The number of ether oxygens (including phenoxy) is 1. The number of hydrogen-bond donors (Lipinski definition) is 0. The van der Waals surface area contributed by atoms with Crippen LogP contribution < -0.4 is 0 Å². The van der Waals surface area contributed by atoms with Gasteiger partial charge in [-0.2, -0.15) is 0 Å². The molecule has 0 saturated carbocycles. The molecule has 2 fully saturated rings. The van der Waals surface area contributed by atoms with E-state index in [9.17, 15) is 4.79 Å².